The zero-order chi connectivity index (χ0) is 15.1. The Bertz CT molecular complexity index is 563. The van der Waals surface area contributed by atoms with Gasteiger partial charge in [-0.15, -0.1) is 0 Å². The molecule has 1 atom stereocenters. The second kappa shape index (κ2) is 7.64. The third-order valence-corrected chi connectivity index (χ3v) is 3.42. The van der Waals surface area contributed by atoms with E-state index >= 15 is 0 Å². The summed E-state index contributed by atoms with van der Waals surface area (Å²) in [7, 11) is 1.88. The zero-order valence-electron chi connectivity index (χ0n) is 12.6. The highest BCUT2D eigenvalue weighted by Crippen LogP contribution is 2.22. The molecular weight excluding hydrogens is 264 g/mol. The largest absolute Gasteiger partial charge is 0.461 e. The van der Waals surface area contributed by atoms with Gasteiger partial charge in [0.05, 0.1) is 0 Å². The van der Waals surface area contributed by atoms with E-state index in [2.05, 4.69) is 10.6 Å². The summed E-state index contributed by atoms with van der Waals surface area (Å²) < 4.78 is 5.77. The van der Waals surface area contributed by atoms with E-state index in [1.807, 2.05) is 56.4 Å². The smallest absolute Gasteiger partial charge is 0.220 e. The monoisotopic (exact) mass is 286 g/mol. The third-order valence-electron chi connectivity index (χ3n) is 3.42. The van der Waals surface area contributed by atoms with Crippen LogP contribution in [0.15, 0.2) is 46.9 Å². The third kappa shape index (κ3) is 4.76. The van der Waals surface area contributed by atoms with Crippen LogP contribution in [0.3, 0.4) is 0 Å². The Morgan fingerprint density at radius 3 is 2.67 bits per heavy atom. The van der Waals surface area contributed by atoms with Crippen molar-refractivity contribution in [3.63, 3.8) is 0 Å². The number of furan rings is 1. The first-order valence-electron chi connectivity index (χ1n) is 7.27. The number of rotatable bonds is 7. The molecule has 21 heavy (non-hydrogen) atoms. The van der Waals surface area contributed by atoms with Gasteiger partial charge in [-0.05, 0) is 26.1 Å². The summed E-state index contributed by atoms with van der Waals surface area (Å²) in [5.74, 6) is 1.73. The molecule has 2 N–H and O–H groups in total. The van der Waals surface area contributed by atoms with Gasteiger partial charge in [0, 0.05) is 31.0 Å². The van der Waals surface area contributed by atoms with Crippen molar-refractivity contribution >= 4 is 5.91 Å². The second-order valence-corrected chi connectivity index (χ2v) is 5.13. The molecule has 1 unspecified atom stereocenters. The summed E-state index contributed by atoms with van der Waals surface area (Å²) in [6, 6.07) is 14.1. The van der Waals surface area contributed by atoms with E-state index in [1.54, 1.807) is 0 Å². The van der Waals surface area contributed by atoms with Gasteiger partial charge < -0.3 is 15.1 Å². The van der Waals surface area contributed by atoms with Crippen molar-refractivity contribution in [3.05, 3.63) is 48.2 Å². The van der Waals surface area contributed by atoms with Crippen LogP contribution in [-0.2, 0) is 11.2 Å². The van der Waals surface area contributed by atoms with Crippen molar-refractivity contribution < 1.29 is 9.21 Å². The molecule has 1 heterocycles. The van der Waals surface area contributed by atoms with Crippen molar-refractivity contribution in [2.45, 2.75) is 25.8 Å². The lowest BCUT2D eigenvalue weighted by Gasteiger charge is -2.10. The van der Waals surface area contributed by atoms with Crippen LogP contribution >= 0.6 is 0 Å². The summed E-state index contributed by atoms with van der Waals surface area (Å²) in [6.07, 6.45) is 1.06. The molecule has 4 nitrogen and oxygen atoms in total. The molecule has 112 valence electrons. The molecular formula is C17H22N2O2. The number of benzene rings is 1. The molecule has 0 bridgehead atoms. The number of nitrogens with one attached hydrogen (secondary N) is 2. The molecule has 2 aromatic rings. The lowest BCUT2D eigenvalue weighted by molar-refractivity contribution is -0.121. The van der Waals surface area contributed by atoms with Crippen LogP contribution in [0.1, 0.15) is 19.1 Å². The highest BCUT2D eigenvalue weighted by molar-refractivity contribution is 5.76. The Balaban J connectivity index is 1.82. The van der Waals surface area contributed by atoms with Gasteiger partial charge in [0.25, 0.3) is 0 Å². The van der Waals surface area contributed by atoms with E-state index in [4.69, 9.17) is 4.42 Å². The number of carbonyl (C=O) groups excluding carboxylic acids is 1. The van der Waals surface area contributed by atoms with Gasteiger partial charge >= 0.3 is 0 Å². The average Bonchev–Trinajstić information content (AvgIpc) is 3.00. The molecule has 0 aliphatic heterocycles. The second-order valence-electron chi connectivity index (χ2n) is 5.13. The van der Waals surface area contributed by atoms with Gasteiger partial charge in [0.1, 0.15) is 11.5 Å². The van der Waals surface area contributed by atoms with Crippen LogP contribution in [0.5, 0.6) is 0 Å². The van der Waals surface area contributed by atoms with Crippen molar-refractivity contribution in [1.82, 2.24) is 10.6 Å². The number of amides is 1. The van der Waals surface area contributed by atoms with Crippen molar-refractivity contribution in [1.29, 1.82) is 0 Å². The van der Waals surface area contributed by atoms with E-state index in [1.165, 1.54) is 0 Å². The molecule has 0 spiro atoms. The summed E-state index contributed by atoms with van der Waals surface area (Å²) >= 11 is 0. The molecule has 0 saturated heterocycles. The van der Waals surface area contributed by atoms with Gasteiger partial charge in [-0.25, -0.2) is 0 Å². The normalized spacial score (nSPS) is 12.1. The molecule has 1 aromatic carbocycles. The Labute approximate surface area is 125 Å². The molecule has 0 saturated carbocycles. The van der Waals surface area contributed by atoms with Crippen LogP contribution in [0.4, 0.5) is 0 Å². The van der Waals surface area contributed by atoms with Crippen LogP contribution in [-0.4, -0.2) is 25.5 Å². The molecule has 1 aromatic heterocycles. The molecule has 1 amide bonds. The summed E-state index contributed by atoms with van der Waals surface area (Å²) in [5.41, 5.74) is 1.05. The maximum absolute atomic E-state index is 11.7. The Hall–Kier alpha value is -2.07. The van der Waals surface area contributed by atoms with E-state index in [0.29, 0.717) is 19.4 Å². The Morgan fingerprint density at radius 2 is 1.95 bits per heavy atom. The van der Waals surface area contributed by atoms with E-state index < -0.39 is 0 Å². The number of likely N-dealkylation sites (N-methyl/N-ethyl adjacent to an activating group) is 1. The first kappa shape index (κ1) is 15.3. The van der Waals surface area contributed by atoms with E-state index in [9.17, 15) is 4.79 Å². The quantitative estimate of drug-likeness (QED) is 0.822. The maximum Gasteiger partial charge on any atom is 0.220 e. The molecule has 0 fully saturated rings. The van der Waals surface area contributed by atoms with Crippen LogP contribution in [0, 0.1) is 0 Å². The summed E-state index contributed by atoms with van der Waals surface area (Å²) in [6.45, 7) is 2.67. The number of hydrogen-bond acceptors (Lipinski definition) is 3. The lowest BCUT2D eigenvalue weighted by Crippen LogP contribution is -2.37. The maximum atomic E-state index is 11.7. The van der Waals surface area contributed by atoms with Crippen molar-refractivity contribution in [2.75, 3.05) is 13.6 Å². The lowest BCUT2D eigenvalue weighted by atomic mass is 10.2. The molecule has 0 aliphatic rings. The number of hydrogen-bond donors (Lipinski definition) is 2. The molecule has 0 aliphatic carbocycles. The highest BCUT2D eigenvalue weighted by Gasteiger charge is 2.08. The van der Waals surface area contributed by atoms with Crippen molar-refractivity contribution in [3.8, 4) is 11.3 Å². The van der Waals surface area contributed by atoms with Crippen LogP contribution in [0.25, 0.3) is 11.3 Å². The standard InChI is InChI=1S/C17H22N2O2/c1-13(18-2)12-19-17(20)11-9-15-8-10-16(21-15)14-6-4-3-5-7-14/h3-8,10,13,18H,9,11-12H2,1-2H3,(H,19,20). The first-order chi connectivity index (χ1) is 10.2. The zero-order valence-corrected chi connectivity index (χ0v) is 12.6. The van der Waals surface area contributed by atoms with Gasteiger partial charge in [0.2, 0.25) is 5.91 Å². The minimum absolute atomic E-state index is 0.0507. The average molecular weight is 286 g/mol. The topological polar surface area (TPSA) is 54.3 Å². The fourth-order valence-corrected chi connectivity index (χ4v) is 1.96. The number of aryl methyl sites for hydroxylation is 1. The molecule has 2 rings (SSSR count). The van der Waals surface area contributed by atoms with Gasteiger partial charge in [-0.3, -0.25) is 4.79 Å². The summed E-state index contributed by atoms with van der Waals surface area (Å²) in [4.78, 5) is 11.7. The fraction of sp³-hybridized carbons (Fsp3) is 0.353. The molecule has 4 heteroatoms. The highest BCUT2D eigenvalue weighted by atomic mass is 16.3. The van der Waals surface area contributed by atoms with Gasteiger partial charge in [-0.1, -0.05) is 30.3 Å². The van der Waals surface area contributed by atoms with Crippen molar-refractivity contribution in [2.24, 2.45) is 0 Å². The van der Waals surface area contributed by atoms with Crippen LogP contribution in [0.2, 0.25) is 0 Å². The van der Waals surface area contributed by atoms with Gasteiger partial charge in [-0.2, -0.15) is 0 Å². The molecule has 0 radical (unpaired) electrons. The summed E-state index contributed by atoms with van der Waals surface area (Å²) in [5, 5.41) is 5.98. The van der Waals surface area contributed by atoms with E-state index in [-0.39, 0.29) is 11.9 Å². The SMILES string of the molecule is CNC(C)CNC(=O)CCc1ccc(-c2ccccc2)o1. The predicted molar refractivity (Wildman–Crippen MR) is 84.0 cm³/mol. The fourth-order valence-electron chi connectivity index (χ4n) is 1.96. The Morgan fingerprint density at radius 1 is 1.19 bits per heavy atom. The first-order valence-corrected chi connectivity index (χ1v) is 7.27. The predicted octanol–water partition coefficient (Wildman–Crippen LogP) is 2.60. The van der Waals surface area contributed by atoms with Gasteiger partial charge in [0.15, 0.2) is 0 Å². The Kier molecular flexibility index (Phi) is 5.58. The minimum Gasteiger partial charge on any atom is -0.461 e. The number of carbonyl (C=O) groups is 1. The minimum atomic E-state index is 0.0507. The van der Waals surface area contributed by atoms with E-state index in [0.717, 1.165) is 17.1 Å². The van der Waals surface area contributed by atoms with Crippen LogP contribution < -0.4 is 10.6 Å².